The van der Waals surface area contributed by atoms with Gasteiger partial charge in [-0.25, -0.2) is 4.98 Å². The Labute approximate surface area is 132 Å². The van der Waals surface area contributed by atoms with Gasteiger partial charge in [0.2, 0.25) is 0 Å². The van der Waals surface area contributed by atoms with Crippen LogP contribution in [0.1, 0.15) is 22.6 Å². The minimum absolute atomic E-state index is 0.255. The second-order valence-electron chi connectivity index (χ2n) is 5.08. The summed E-state index contributed by atoms with van der Waals surface area (Å²) in [7, 11) is 1.26. The third kappa shape index (κ3) is 2.83. The van der Waals surface area contributed by atoms with Gasteiger partial charge in [0.15, 0.2) is 5.78 Å². The molecule has 23 heavy (non-hydrogen) atoms. The molecule has 6 heteroatoms. The van der Waals surface area contributed by atoms with Gasteiger partial charge in [0.1, 0.15) is 17.8 Å². The molecule has 3 aromatic rings. The Morgan fingerprint density at radius 3 is 2.61 bits per heavy atom. The van der Waals surface area contributed by atoms with Crippen LogP contribution >= 0.6 is 0 Å². The molecule has 0 bridgehead atoms. The number of imidazole rings is 1. The van der Waals surface area contributed by atoms with Crippen molar-refractivity contribution < 1.29 is 14.3 Å². The number of aryl methyl sites for hydroxylation is 1. The number of carbonyl (C=O) groups excluding carboxylic acids is 2. The van der Waals surface area contributed by atoms with Gasteiger partial charge in [0.05, 0.1) is 18.8 Å². The molecule has 2 aromatic heterocycles. The van der Waals surface area contributed by atoms with E-state index in [1.54, 1.807) is 24.5 Å². The number of hydrogen-bond acceptors (Lipinski definition) is 5. The van der Waals surface area contributed by atoms with Crippen LogP contribution in [0.4, 0.5) is 0 Å². The highest BCUT2D eigenvalue weighted by atomic mass is 16.5. The molecule has 3 rings (SSSR count). The number of ether oxygens (including phenoxy) is 1. The predicted molar refractivity (Wildman–Crippen MR) is 84.6 cm³/mol. The fourth-order valence-electron chi connectivity index (χ4n) is 2.48. The van der Waals surface area contributed by atoms with E-state index < -0.39 is 5.97 Å². The van der Waals surface area contributed by atoms with Crippen molar-refractivity contribution in [2.45, 2.75) is 13.3 Å². The summed E-state index contributed by atoms with van der Waals surface area (Å²) >= 11 is 0. The number of methoxy groups -OCH3 is 1. The van der Waals surface area contributed by atoms with E-state index in [0.717, 1.165) is 22.5 Å². The van der Waals surface area contributed by atoms with E-state index in [4.69, 9.17) is 0 Å². The first-order valence-corrected chi connectivity index (χ1v) is 7.09. The number of aromatic nitrogens is 3. The summed E-state index contributed by atoms with van der Waals surface area (Å²) in [5.74, 6) is 0.0319. The van der Waals surface area contributed by atoms with Crippen molar-refractivity contribution in [2.75, 3.05) is 7.11 Å². The maximum absolute atomic E-state index is 12.0. The first-order valence-electron chi connectivity index (χ1n) is 7.09. The molecule has 0 aliphatic heterocycles. The lowest BCUT2D eigenvalue weighted by molar-refractivity contribution is -0.139. The fourth-order valence-corrected chi connectivity index (χ4v) is 2.48. The van der Waals surface area contributed by atoms with Gasteiger partial charge in [-0.2, -0.15) is 0 Å². The van der Waals surface area contributed by atoms with E-state index in [2.05, 4.69) is 14.7 Å². The number of esters is 1. The number of Topliss-reactive ketones (excluding diaryl/α,β-unsaturated/α-hetero) is 1. The van der Waals surface area contributed by atoms with Gasteiger partial charge in [-0.3, -0.25) is 19.1 Å². The SMILES string of the molecule is COC(=O)CC(=O)c1ccc(-n2c(C)nc3cnccc32)cc1. The lowest BCUT2D eigenvalue weighted by Crippen LogP contribution is -2.09. The van der Waals surface area contributed by atoms with Gasteiger partial charge in [0, 0.05) is 17.4 Å². The number of rotatable bonds is 4. The Kier molecular flexibility index (Phi) is 3.89. The van der Waals surface area contributed by atoms with Crippen LogP contribution in [0.3, 0.4) is 0 Å². The number of pyridine rings is 1. The molecule has 2 heterocycles. The molecule has 0 saturated heterocycles. The maximum atomic E-state index is 12.0. The summed E-state index contributed by atoms with van der Waals surface area (Å²) in [6.07, 6.45) is 3.18. The molecule has 6 nitrogen and oxygen atoms in total. The second-order valence-corrected chi connectivity index (χ2v) is 5.08. The summed E-state index contributed by atoms with van der Waals surface area (Å²) < 4.78 is 6.50. The Morgan fingerprint density at radius 1 is 1.17 bits per heavy atom. The Bertz CT molecular complexity index is 882. The zero-order valence-corrected chi connectivity index (χ0v) is 12.8. The molecular formula is C17H15N3O3. The molecule has 0 atom stereocenters. The van der Waals surface area contributed by atoms with Crippen LogP contribution in [0.25, 0.3) is 16.7 Å². The lowest BCUT2D eigenvalue weighted by Gasteiger charge is -2.08. The number of carbonyl (C=O) groups is 2. The molecule has 0 aliphatic carbocycles. The summed E-state index contributed by atoms with van der Waals surface area (Å²) in [6, 6.07) is 8.96. The molecule has 0 fully saturated rings. The maximum Gasteiger partial charge on any atom is 0.313 e. The van der Waals surface area contributed by atoms with Crippen LogP contribution in [0, 0.1) is 6.92 Å². The Balaban J connectivity index is 1.94. The number of benzene rings is 1. The Morgan fingerprint density at radius 2 is 1.91 bits per heavy atom. The molecule has 116 valence electrons. The molecule has 0 spiro atoms. The first-order chi connectivity index (χ1) is 11.1. The average Bonchev–Trinajstić information content (AvgIpc) is 2.90. The van der Waals surface area contributed by atoms with Gasteiger partial charge in [-0.05, 0) is 37.3 Å². The van der Waals surface area contributed by atoms with E-state index >= 15 is 0 Å². The largest absolute Gasteiger partial charge is 0.469 e. The van der Waals surface area contributed by atoms with Gasteiger partial charge in [-0.1, -0.05) is 0 Å². The van der Waals surface area contributed by atoms with Crippen molar-refractivity contribution >= 4 is 22.8 Å². The summed E-state index contributed by atoms with van der Waals surface area (Å²) in [4.78, 5) is 31.7. The van der Waals surface area contributed by atoms with E-state index in [9.17, 15) is 9.59 Å². The van der Waals surface area contributed by atoms with Gasteiger partial charge in [0.25, 0.3) is 0 Å². The summed E-state index contributed by atoms with van der Waals surface area (Å²) in [5, 5.41) is 0. The average molecular weight is 309 g/mol. The third-order valence-electron chi connectivity index (χ3n) is 3.60. The first kappa shape index (κ1) is 14.9. The van der Waals surface area contributed by atoms with E-state index in [-0.39, 0.29) is 12.2 Å². The second kappa shape index (κ2) is 6.00. The molecule has 0 amide bonds. The van der Waals surface area contributed by atoms with Crippen LogP contribution in [0.2, 0.25) is 0 Å². The number of nitrogens with zero attached hydrogens (tertiary/aromatic N) is 3. The smallest absolute Gasteiger partial charge is 0.313 e. The zero-order valence-electron chi connectivity index (χ0n) is 12.8. The predicted octanol–water partition coefficient (Wildman–Crippen LogP) is 2.47. The van der Waals surface area contributed by atoms with E-state index in [0.29, 0.717) is 5.56 Å². The van der Waals surface area contributed by atoms with E-state index in [1.807, 2.05) is 29.7 Å². The van der Waals surface area contributed by atoms with Crippen molar-refractivity contribution in [3.63, 3.8) is 0 Å². The highest BCUT2D eigenvalue weighted by Crippen LogP contribution is 2.21. The molecule has 1 aromatic carbocycles. The quantitative estimate of drug-likeness (QED) is 0.420. The summed E-state index contributed by atoms with van der Waals surface area (Å²) in [5.41, 5.74) is 3.13. The summed E-state index contributed by atoms with van der Waals surface area (Å²) in [6.45, 7) is 1.91. The van der Waals surface area contributed by atoms with Gasteiger partial charge in [-0.15, -0.1) is 0 Å². The highest BCUT2D eigenvalue weighted by molar-refractivity contribution is 6.06. The molecule has 0 N–H and O–H groups in total. The molecular weight excluding hydrogens is 294 g/mol. The van der Waals surface area contributed by atoms with Crippen molar-refractivity contribution in [1.29, 1.82) is 0 Å². The van der Waals surface area contributed by atoms with Crippen LogP contribution < -0.4 is 0 Å². The topological polar surface area (TPSA) is 74.1 Å². The number of fused-ring (bicyclic) bond motifs is 1. The van der Waals surface area contributed by atoms with Crippen LogP contribution in [-0.2, 0) is 9.53 Å². The molecule has 0 unspecified atom stereocenters. The minimum Gasteiger partial charge on any atom is -0.469 e. The number of ketones is 1. The zero-order chi connectivity index (χ0) is 16.4. The van der Waals surface area contributed by atoms with Crippen LogP contribution in [-0.4, -0.2) is 33.4 Å². The monoisotopic (exact) mass is 309 g/mol. The minimum atomic E-state index is -0.539. The standard InChI is InChI=1S/C17H15N3O3/c1-11-19-14-10-18-8-7-15(14)20(11)13-5-3-12(4-6-13)16(21)9-17(22)23-2/h3-8,10H,9H2,1-2H3. The number of hydrogen-bond donors (Lipinski definition) is 0. The van der Waals surface area contributed by atoms with Crippen LogP contribution in [0.5, 0.6) is 0 Å². The van der Waals surface area contributed by atoms with Gasteiger partial charge < -0.3 is 4.74 Å². The van der Waals surface area contributed by atoms with Crippen molar-refractivity contribution in [2.24, 2.45) is 0 Å². The third-order valence-corrected chi connectivity index (χ3v) is 3.60. The van der Waals surface area contributed by atoms with Gasteiger partial charge >= 0.3 is 5.97 Å². The molecule has 0 radical (unpaired) electrons. The normalized spacial score (nSPS) is 10.7. The van der Waals surface area contributed by atoms with Crippen molar-refractivity contribution in [3.8, 4) is 5.69 Å². The van der Waals surface area contributed by atoms with E-state index in [1.165, 1.54) is 7.11 Å². The lowest BCUT2D eigenvalue weighted by atomic mass is 10.1. The van der Waals surface area contributed by atoms with Crippen LogP contribution in [0.15, 0.2) is 42.7 Å². The van der Waals surface area contributed by atoms with Crippen molar-refractivity contribution in [3.05, 3.63) is 54.1 Å². The fraction of sp³-hybridized carbons (Fsp3) is 0.176. The highest BCUT2D eigenvalue weighted by Gasteiger charge is 2.13. The van der Waals surface area contributed by atoms with Crippen molar-refractivity contribution in [1.82, 2.24) is 14.5 Å². The Hall–Kier alpha value is -3.02. The molecule has 0 saturated carbocycles. The molecule has 0 aliphatic rings.